The van der Waals surface area contributed by atoms with Gasteiger partial charge in [-0.25, -0.2) is 4.79 Å². The summed E-state index contributed by atoms with van der Waals surface area (Å²) in [6.07, 6.45) is 2.18. The summed E-state index contributed by atoms with van der Waals surface area (Å²) < 4.78 is 4.65. The molecule has 1 aromatic carbocycles. The van der Waals surface area contributed by atoms with E-state index < -0.39 is 0 Å². The quantitative estimate of drug-likeness (QED) is 0.635. The average molecular weight is 242 g/mol. The van der Waals surface area contributed by atoms with Gasteiger partial charge in [0.25, 0.3) is 0 Å². The first-order valence-corrected chi connectivity index (χ1v) is 5.68. The molecule has 3 nitrogen and oxygen atoms in total. The Balaban J connectivity index is 2.78. The van der Waals surface area contributed by atoms with Crippen LogP contribution in [-0.4, -0.2) is 19.6 Å². The third kappa shape index (κ3) is 3.42. The van der Waals surface area contributed by atoms with Crippen LogP contribution in [0.2, 0.25) is 5.02 Å². The lowest BCUT2D eigenvalue weighted by Crippen LogP contribution is -2.05. The summed E-state index contributed by atoms with van der Waals surface area (Å²) in [4.78, 5) is 11.3. The predicted molar refractivity (Wildman–Crippen MR) is 66.2 cm³/mol. The third-order valence-electron chi connectivity index (χ3n) is 2.23. The van der Waals surface area contributed by atoms with E-state index in [9.17, 15) is 4.79 Å². The SMILES string of the molecule is CCCCNc1cc(C(=O)OC)ccc1Cl. The number of unbranched alkanes of at least 4 members (excludes halogenated alkanes) is 1. The van der Waals surface area contributed by atoms with Crippen LogP contribution in [0.3, 0.4) is 0 Å². The monoisotopic (exact) mass is 241 g/mol. The summed E-state index contributed by atoms with van der Waals surface area (Å²) in [5.74, 6) is -0.352. The maximum absolute atomic E-state index is 11.3. The Hall–Kier alpha value is -1.22. The molecular formula is C12H16ClNO2. The first kappa shape index (κ1) is 12.8. The highest BCUT2D eigenvalue weighted by atomic mass is 35.5. The zero-order valence-electron chi connectivity index (χ0n) is 9.55. The molecule has 0 atom stereocenters. The topological polar surface area (TPSA) is 38.3 Å². The minimum atomic E-state index is -0.352. The van der Waals surface area contributed by atoms with Gasteiger partial charge in [-0.05, 0) is 24.6 Å². The van der Waals surface area contributed by atoms with Gasteiger partial charge in [0, 0.05) is 6.54 Å². The van der Waals surface area contributed by atoms with Crippen molar-refractivity contribution < 1.29 is 9.53 Å². The second-order valence-corrected chi connectivity index (χ2v) is 3.87. The van der Waals surface area contributed by atoms with Crippen molar-refractivity contribution in [1.29, 1.82) is 0 Å². The Morgan fingerprint density at radius 3 is 2.88 bits per heavy atom. The van der Waals surface area contributed by atoms with Crippen LogP contribution in [0.5, 0.6) is 0 Å². The Bertz CT molecular complexity index is 366. The number of ether oxygens (including phenoxy) is 1. The molecule has 0 saturated heterocycles. The summed E-state index contributed by atoms with van der Waals surface area (Å²) >= 11 is 6.01. The number of rotatable bonds is 5. The molecule has 0 aliphatic carbocycles. The Morgan fingerprint density at radius 1 is 1.50 bits per heavy atom. The summed E-state index contributed by atoms with van der Waals surface area (Å²) in [6, 6.07) is 5.06. The van der Waals surface area contributed by atoms with Gasteiger partial charge in [0.1, 0.15) is 0 Å². The van der Waals surface area contributed by atoms with Gasteiger partial charge in [-0.1, -0.05) is 24.9 Å². The largest absolute Gasteiger partial charge is 0.465 e. The fourth-order valence-corrected chi connectivity index (χ4v) is 1.49. The van der Waals surface area contributed by atoms with Crippen LogP contribution in [0.1, 0.15) is 30.1 Å². The second-order valence-electron chi connectivity index (χ2n) is 3.47. The molecule has 1 N–H and O–H groups in total. The predicted octanol–water partition coefficient (Wildman–Crippen LogP) is 3.34. The minimum absolute atomic E-state index is 0.352. The standard InChI is InChI=1S/C12H16ClNO2/c1-3-4-7-14-11-8-9(12(15)16-2)5-6-10(11)13/h5-6,8,14H,3-4,7H2,1-2H3. The Kier molecular flexibility index (Phi) is 5.12. The number of hydrogen-bond donors (Lipinski definition) is 1. The zero-order chi connectivity index (χ0) is 12.0. The number of carbonyl (C=O) groups excluding carboxylic acids is 1. The van der Waals surface area contributed by atoms with E-state index in [0.29, 0.717) is 10.6 Å². The Morgan fingerprint density at radius 2 is 2.25 bits per heavy atom. The lowest BCUT2D eigenvalue weighted by Gasteiger charge is -2.09. The van der Waals surface area contributed by atoms with Gasteiger partial charge in [0.2, 0.25) is 0 Å². The molecule has 0 saturated carbocycles. The lowest BCUT2D eigenvalue weighted by atomic mass is 10.2. The highest BCUT2D eigenvalue weighted by Crippen LogP contribution is 2.23. The number of esters is 1. The van der Waals surface area contributed by atoms with Crippen molar-refractivity contribution in [2.75, 3.05) is 19.0 Å². The fraction of sp³-hybridized carbons (Fsp3) is 0.417. The molecule has 4 heteroatoms. The molecular weight excluding hydrogens is 226 g/mol. The number of benzene rings is 1. The van der Waals surface area contributed by atoms with E-state index in [1.807, 2.05) is 0 Å². The van der Waals surface area contributed by atoms with Gasteiger partial charge >= 0.3 is 5.97 Å². The van der Waals surface area contributed by atoms with Gasteiger partial charge in [0.15, 0.2) is 0 Å². The molecule has 0 amide bonds. The van der Waals surface area contributed by atoms with E-state index in [1.165, 1.54) is 7.11 Å². The molecule has 0 aliphatic rings. The van der Waals surface area contributed by atoms with E-state index >= 15 is 0 Å². The molecule has 16 heavy (non-hydrogen) atoms. The molecule has 0 fully saturated rings. The third-order valence-corrected chi connectivity index (χ3v) is 2.56. The number of hydrogen-bond acceptors (Lipinski definition) is 3. The normalized spacial score (nSPS) is 9.94. The van der Waals surface area contributed by atoms with Crippen molar-refractivity contribution in [2.45, 2.75) is 19.8 Å². The molecule has 0 radical (unpaired) electrons. The van der Waals surface area contributed by atoms with Gasteiger partial charge in [-0.2, -0.15) is 0 Å². The van der Waals surface area contributed by atoms with Crippen LogP contribution in [0.4, 0.5) is 5.69 Å². The first-order valence-electron chi connectivity index (χ1n) is 5.30. The number of halogens is 1. The number of anilines is 1. The van der Waals surface area contributed by atoms with Crippen molar-refractivity contribution in [1.82, 2.24) is 0 Å². The van der Waals surface area contributed by atoms with Gasteiger partial charge in [-0.3, -0.25) is 0 Å². The molecule has 0 unspecified atom stereocenters. The van der Waals surface area contributed by atoms with Crippen molar-refractivity contribution in [2.24, 2.45) is 0 Å². The maximum Gasteiger partial charge on any atom is 0.337 e. The van der Waals surface area contributed by atoms with Crippen molar-refractivity contribution in [3.63, 3.8) is 0 Å². The zero-order valence-corrected chi connectivity index (χ0v) is 10.3. The van der Waals surface area contributed by atoms with Crippen LogP contribution in [-0.2, 0) is 4.74 Å². The molecule has 88 valence electrons. The summed E-state index contributed by atoms with van der Waals surface area (Å²) in [6.45, 7) is 2.97. The van der Waals surface area contributed by atoms with Crippen LogP contribution in [0, 0.1) is 0 Å². The van der Waals surface area contributed by atoms with E-state index in [0.717, 1.165) is 25.1 Å². The minimum Gasteiger partial charge on any atom is -0.465 e. The van der Waals surface area contributed by atoms with Crippen LogP contribution < -0.4 is 5.32 Å². The van der Waals surface area contributed by atoms with Gasteiger partial charge in [0.05, 0.1) is 23.4 Å². The smallest absolute Gasteiger partial charge is 0.337 e. The van der Waals surface area contributed by atoms with Crippen molar-refractivity contribution in [3.05, 3.63) is 28.8 Å². The Labute approximate surface area is 101 Å². The summed E-state index contributed by atoms with van der Waals surface area (Å²) in [5.41, 5.74) is 1.28. The first-order chi connectivity index (χ1) is 7.69. The number of nitrogens with one attached hydrogen (secondary N) is 1. The van der Waals surface area contributed by atoms with Crippen LogP contribution in [0.25, 0.3) is 0 Å². The second kappa shape index (κ2) is 6.38. The lowest BCUT2D eigenvalue weighted by molar-refractivity contribution is 0.0601. The molecule has 1 aromatic rings. The van der Waals surface area contributed by atoms with Crippen molar-refractivity contribution in [3.8, 4) is 0 Å². The maximum atomic E-state index is 11.3. The van der Waals surface area contributed by atoms with E-state index in [4.69, 9.17) is 11.6 Å². The fourth-order valence-electron chi connectivity index (χ4n) is 1.31. The molecule has 0 aliphatic heterocycles. The summed E-state index contributed by atoms with van der Waals surface area (Å²) in [5, 5.41) is 3.81. The highest BCUT2D eigenvalue weighted by Gasteiger charge is 2.08. The van der Waals surface area contributed by atoms with E-state index in [2.05, 4.69) is 17.0 Å². The summed E-state index contributed by atoms with van der Waals surface area (Å²) in [7, 11) is 1.36. The van der Waals surface area contributed by atoms with E-state index in [1.54, 1.807) is 18.2 Å². The van der Waals surface area contributed by atoms with Crippen LogP contribution >= 0.6 is 11.6 Å². The number of methoxy groups -OCH3 is 1. The highest BCUT2D eigenvalue weighted by molar-refractivity contribution is 6.33. The molecule has 0 bridgehead atoms. The molecule has 0 heterocycles. The van der Waals surface area contributed by atoms with Crippen molar-refractivity contribution >= 4 is 23.3 Å². The number of carbonyl (C=O) groups is 1. The van der Waals surface area contributed by atoms with Crippen LogP contribution in [0.15, 0.2) is 18.2 Å². The van der Waals surface area contributed by atoms with Gasteiger partial charge < -0.3 is 10.1 Å². The van der Waals surface area contributed by atoms with Gasteiger partial charge in [-0.15, -0.1) is 0 Å². The molecule has 1 rings (SSSR count). The molecule has 0 spiro atoms. The average Bonchev–Trinajstić information content (AvgIpc) is 2.31. The molecule has 0 aromatic heterocycles. The van der Waals surface area contributed by atoms with E-state index in [-0.39, 0.29) is 5.97 Å².